The molecule has 0 aliphatic carbocycles. The average molecular weight is 228 g/mol. The van der Waals surface area contributed by atoms with E-state index in [0.717, 1.165) is 13.0 Å². The zero-order valence-corrected chi connectivity index (χ0v) is 12.6. The molecule has 0 N–H and O–H groups in total. The molecule has 0 spiro atoms. The van der Waals surface area contributed by atoms with Crippen LogP contribution in [-0.4, -0.2) is 14.9 Å². The quantitative estimate of drug-likeness (QED) is 0.493. The molecule has 0 fully saturated rings. The van der Waals surface area contributed by atoms with Crippen molar-refractivity contribution in [2.75, 3.05) is 6.61 Å². The van der Waals surface area contributed by atoms with Crippen molar-refractivity contribution in [2.24, 2.45) is 5.92 Å². The molecular weight excluding hydrogens is 200 g/mol. The summed E-state index contributed by atoms with van der Waals surface area (Å²) in [5.41, 5.74) is 0. The summed E-state index contributed by atoms with van der Waals surface area (Å²) in [6.45, 7) is 16.7. The van der Waals surface area contributed by atoms with Gasteiger partial charge in [0.25, 0.3) is 0 Å². The van der Waals surface area contributed by atoms with E-state index >= 15 is 0 Å². The maximum Gasteiger partial charge on any atom is 0.192 e. The molecule has 1 nitrogen and oxygen atoms in total. The van der Waals surface area contributed by atoms with Crippen molar-refractivity contribution < 1.29 is 4.43 Å². The van der Waals surface area contributed by atoms with E-state index < -0.39 is 8.32 Å². The van der Waals surface area contributed by atoms with Crippen molar-refractivity contribution in [1.82, 2.24) is 0 Å². The van der Waals surface area contributed by atoms with Crippen molar-refractivity contribution in [3.05, 3.63) is 12.2 Å². The Bertz CT molecular complexity index is 201. The van der Waals surface area contributed by atoms with Crippen LogP contribution >= 0.6 is 0 Å². The van der Waals surface area contributed by atoms with Crippen LogP contribution in [0.1, 0.15) is 41.0 Å². The van der Waals surface area contributed by atoms with Crippen LogP contribution in [0.5, 0.6) is 0 Å². The first-order valence-electron chi connectivity index (χ1n) is 6.01. The fraction of sp³-hybridized carbons (Fsp3) is 0.846. The normalized spacial score (nSPS) is 15.9. The first-order valence-corrected chi connectivity index (χ1v) is 8.92. The Morgan fingerprint density at radius 2 is 1.80 bits per heavy atom. The number of rotatable bonds is 5. The second-order valence-electron chi connectivity index (χ2n) is 5.88. The van der Waals surface area contributed by atoms with Crippen molar-refractivity contribution in [3.8, 4) is 0 Å². The molecule has 0 aromatic carbocycles. The largest absolute Gasteiger partial charge is 0.416 e. The van der Waals surface area contributed by atoms with E-state index in [1.807, 2.05) is 0 Å². The molecule has 0 saturated carbocycles. The highest BCUT2D eigenvalue weighted by molar-refractivity contribution is 6.74. The number of allylic oxidation sites excluding steroid dienone is 1. The zero-order valence-electron chi connectivity index (χ0n) is 11.6. The zero-order chi connectivity index (χ0) is 12.1. The predicted molar refractivity (Wildman–Crippen MR) is 71.7 cm³/mol. The Labute approximate surface area is 97.0 Å². The van der Waals surface area contributed by atoms with Crippen LogP contribution in [0, 0.1) is 5.92 Å². The van der Waals surface area contributed by atoms with Gasteiger partial charge in [-0.15, -0.1) is 0 Å². The molecule has 0 aliphatic rings. The minimum atomic E-state index is -1.54. The van der Waals surface area contributed by atoms with Crippen molar-refractivity contribution >= 4 is 8.32 Å². The summed E-state index contributed by atoms with van der Waals surface area (Å²) in [6.07, 6.45) is 5.59. The minimum Gasteiger partial charge on any atom is -0.416 e. The summed E-state index contributed by atoms with van der Waals surface area (Å²) < 4.78 is 6.14. The van der Waals surface area contributed by atoms with Crippen LogP contribution in [0.3, 0.4) is 0 Å². The molecule has 0 heterocycles. The highest BCUT2D eigenvalue weighted by Gasteiger charge is 2.37. The second kappa shape index (κ2) is 5.85. The van der Waals surface area contributed by atoms with Gasteiger partial charge < -0.3 is 4.43 Å². The van der Waals surface area contributed by atoms with Crippen LogP contribution < -0.4 is 0 Å². The van der Waals surface area contributed by atoms with Crippen molar-refractivity contribution in [1.29, 1.82) is 0 Å². The van der Waals surface area contributed by atoms with E-state index in [1.165, 1.54) is 0 Å². The third-order valence-electron chi connectivity index (χ3n) is 3.21. The molecule has 15 heavy (non-hydrogen) atoms. The molecule has 0 aliphatic heterocycles. The Kier molecular flexibility index (Phi) is 5.82. The fourth-order valence-corrected chi connectivity index (χ4v) is 2.09. The third kappa shape index (κ3) is 5.52. The van der Waals surface area contributed by atoms with Crippen molar-refractivity contribution in [2.45, 2.75) is 59.2 Å². The fourth-order valence-electron chi connectivity index (χ4n) is 0.980. The lowest BCUT2D eigenvalue weighted by atomic mass is 10.2. The first kappa shape index (κ1) is 14.9. The molecule has 0 amide bonds. The smallest absolute Gasteiger partial charge is 0.192 e. The molecule has 90 valence electrons. The Morgan fingerprint density at radius 1 is 1.27 bits per heavy atom. The standard InChI is InChI=1S/C13H28OSi/c1-8-9-10-12(2)11-14-15(6,7)13(3,4)5/h9-10,12H,8,11H2,1-7H3/b10-9-/t12-/m1/s1. The molecule has 0 rings (SSSR count). The van der Waals surface area contributed by atoms with Gasteiger partial charge in [-0.2, -0.15) is 0 Å². The Hall–Kier alpha value is -0.0831. The molecule has 2 heteroatoms. The van der Waals surface area contributed by atoms with Gasteiger partial charge in [0.1, 0.15) is 0 Å². The number of hydrogen-bond donors (Lipinski definition) is 0. The highest BCUT2D eigenvalue weighted by atomic mass is 28.4. The van der Waals surface area contributed by atoms with E-state index in [1.54, 1.807) is 0 Å². The predicted octanol–water partition coefficient (Wildman–Crippen LogP) is 4.61. The summed E-state index contributed by atoms with van der Waals surface area (Å²) in [6, 6.07) is 0. The van der Waals surface area contributed by atoms with Crippen LogP contribution in [0.25, 0.3) is 0 Å². The topological polar surface area (TPSA) is 9.23 Å². The van der Waals surface area contributed by atoms with E-state index in [0.29, 0.717) is 11.0 Å². The van der Waals surface area contributed by atoms with Gasteiger partial charge in [-0.3, -0.25) is 0 Å². The Balaban J connectivity index is 4.10. The van der Waals surface area contributed by atoms with Crippen LogP contribution in [-0.2, 0) is 4.43 Å². The van der Waals surface area contributed by atoms with Gasteiger partial charge >= 0.3 is 0 Å². The molecule has 0 saturated heterocycles. The summed E-state index contributed by atoms with van der Waals surface area (Å²) in [5, 5.41) is 0.321. The van der Waals surface area contributed by atoms with Crippen LogP contribution in [0.2, 0.25) is 18.1 Å². The van der Waals surface area contributed by atoms with E-state index in [-0.39, 0.29) is 0 Å². The summed E-state index contributed by atoms with van der Waals surface area (Å²) in [4.78, 5) is 0. The molecule has 0 unspecified atom stereocenters. The van der Waals surface area contributed by atoms with Crippen LogP contribution in [0.15, 0.2) is 12.2 Å². The van der Waals surface area contributed by atoms with Crippen molar-refractivity contribution in [3.63, 3.8) is 0 Å². The monoisotopic (exact) mass is 228 g/mol. The van der Waals surface area contributed by atoms with E-state index in [9.17, 15) is 0 Å². The van der Waals surface area contributed by atoms with Gasteiger partial charge in [-0.1, -0.05) is 46.8 Å². The summed E-state index contributed by atoms with van der Waals surface area (Å²) in [7, 11) is -1.54. The Morgan fingerprint density at radius 3 is 2.20 bits per heavy atom. The van der Waals surface area contributed by atoms with Gasteiger partial charge in [-0.25, -0.2) is 0 Å². The lowest BCUT2D eigenvalue weighted by molar-refractivity contribution is 0.259. The summed E-state index contributed by atoms with van der Waals surface area (Å²) in [5.74, 6) is 0.541. The lowest BCUT2D eigenvalue weighted by Gasteiger charge is -2.36. The molecule has 1 atom stereocenters. The van der Waals surface area contributed by atoms with E-state index in [4.69, 9.17) is 4.43 Å². The van der Waals surface area contributed by atoms with Gasteiger partial charge in [0.2, 0.25) is 0 Å². The lowest BCUT2D eigenvalue weighted by Crippen LogP contribution is -2.41. The molecule has 0 radical (unpaired) electrons. The van der Waals surface area contributed by atoms with Gasteiger partial charge in [0.15, 0.2) is 8.32 Å². The van der Waals surface area contributed by atoms with Gasteiger partial charge in [0, 0.05) is 6.61 Å². The maximum absolute atomic E-state index is 6.14. The molecular formula is C13H28OSi. The van der Waals surface area contributed by atoms with E-state index in [2.05, 4.69) is 59.9 Å². The molecule has 0 aromatic rings. The summed E-state index contributed by atoms with van der Waals surface area (Å²) >= 11 is 0. The average Bonchev–Trinajstić information content (AvgIpc) is 2.09. The SMILES string of the molecule is CC/C=C\[C@@H](C)CO[Si](C)(C)C(C)(C)C. The van der Waals surface area contributed by atoms with Crippen LogP contribution in [0.4, 0.5) is 0 Å². The number of hydrogen-bond acceptors (Lipinski definition) is 1. The molecule has 0 bridgehead atoms. The minimum absolute atomic E-state index is 0.321. The first-order chi connectivity index (χ1) is 6.70. The highest BCUT2D eigenvalue weighted by Crippen LogP contribution is 2.36. The maximum atomic E-state index is 6.14. The van der Waals surface area contributed by atoms with Gasteiger partial charge in [0.05, 0.1) is 0 Å². The molecule has 0 aromatic heterocycles. The second-order valence-corrected chi connectivity index (χ2v) is 10.7. The van der Waals surface area contributed by atoms with Gasteiger partial charge in [-0.05, 0) is 30.5 Å². The third-order valence-corrected chi connectivity index (χ3v) is 7.71.